The number of hydrogen-bond donors (Lipinski definition) is 1. The predicted octanol–water partition coefficient (Wildman–Crippen LogP) is 1.77. The molecule has 0 aliphatic carbocycles. The number of carbonyl (C=O) groups excluding carboxylic acids is 1. The first-order valence-corrected chi connectivity index (χ1v) is 7.22. The Labute approximate surface area is 123 Å². The molecule has 0 spiro atoms. The minimum atomic E-state index is -0.0934. The first-order valence-electron chi connectivity index (χ1n) is 7.22. The Bertz CT molecular complexity index is 532. The topological polar surface area (TPSA) is 59.0 Å². The molecule has 0 unspecified atom stereocenters. The third-order valence-electron chi connectivity index (χ3n) is 3.85. The molecule has 2 heterocycles. The summed E-state index contributed by atoms with van der Waals surface area (Å²) < 4.78 is 10.9. The fraction of sp³-hybridized carbons (Fsp3) is 0.438. The Morgan fingerprint density at radius 1 is 1.24 bits per heavy atom. The zero-order valence-electron chi connectivity index (χ0n) is 11.8. The van der Waals surface area contributed by atoms with Crippen molar-refractivity contribution in [3.63, 3.8) is 0 Å². The highest BCUT2D eigenvalue weighted by Gasteiger charge is 2.25. The Hall–Kier alpha value is -2.01. The van der Waals surface area contributed by atoms with Gasteiger partial charge in [0.05, 0.1) is 25.9 Å². The van der Waals surface area contributed by atoms with Crippen LogP contribution in [0.3, 0.4) is 0 Å². The van der Waals surface area contributed by atoms with Crippen LogP contribution in [-0.2, 0) is 14.3 Å². The van der Waals surface area contributed by atoms with Gasteiger partial charge in [0.25, 0.3) is 0 Å². The van der Waals surface area contributed by atoms with E-state index in [1.54, 1.807) is 18.4 Å². The summed E-state index contributed by atoms with van der Waals surface area (Å²) in [5.74, 6) is 0.376. The lowest BCUT2D eigenvalue weighted by atomic mass is 10.0. The maximum Gasteiger partial charge on any atom is 0.226 e. The molecule has 21 heavy (non-hydrogen) atoms. The molecule has 1 atom stereocenters. The Kier molecular flexibility index (Phi) is 4.10. The van der Waals surface area contributed by atoms with Gasteiger partial charge >= 0.3 is 0 Å². The maximum atomic E-state index is 12.2. The highest BCUT2D eigenvalue weighted by atomic mass is 16.5. The van der Waals surface area contributed by atoms with Crippen LogP contribution < -0.4 is 0 Å². The maximum absolute atomic E-state index is 12.2. The lowest BCUT2D eigenvalue weighted by Crippen LogP contribution is -2.41. The van der Waals surface area contributed by atoms with Crippen LogP contribution >= 0.6 is 0 Å². The van der Waals surface area contributed by atoms with Crippen molar-refractivity contribution in [3.05, 3.63) is 36.1 Å². The summed E-state index contributed by atoms with van der Waals surface area (Å²) in [4.78, 5) is 14.0. The second-order valence-electron chi connectivity index (χ2n) is 5.35. The van der Waals surface area contributed by atoms with Crippen LogP contribution in [0.4, 0.5) is 0 Å². The van der Waals surface area contributed by atoms with Gasteiger partial charge in [-0.2, -0.15) is 0 Å². The standard InChI is InChI=1S/C16H19NO4/c18-14-3-1-12(2-4-14)13-9-15(21-11-13)10-16(19)17-5-7-20-8-6-17/h1-4,11,15,18H,5-10H2/t15-/m1/s1. The van der Waals surface area contributed by atoms with Crippen molar-refractivity contribution in [2.24, 2.45) is 0 Å². The van der Waals surface area contributed by atoms with Gasteiger partial charge in [-0.3, -0.25) is 4.79 Å². The molecule has 5 heteroatoms. The van der Waals surface area contributed by atoms with E-state index in [0.717, 1.165) is 17.6 Å². The predicted molar refractivity (Wildman–Crippen MR) is 77.6 cm³/mol. The van der Waals surface area contributed by atoms with Crippen molar-refractivity contribution >= 4 is 11.5 Å². The van der Waals surface area contributed by atoms with E-state index in [0.29, 0.717) is 32.7 Å². The van der Waals surface area contributed by atoms with Gasteiger partial charge in [-0.25, -0.2) is 0 Å². The number of hydrogen-bond acceptors (Lipinski definition) is 4. The van der Waals surface area contributed by atoms with E-state index in [9.17, 15) is 9.90 Å². The van der Waals surface area contributed by atoms with Gasteiger partial charge in [0, 0.05) is 19.5 Å². The second-order valence-corrected chi connectivity index (χ2v) is 5.35. The third-order valence-corrected chi connectivity index (χ3v) is 3.85. The van der Waals surface area contributed by atoms with Crippen LogP contribution in [0.2, 0.25) is 0 Å². The largest absolute Gasteiger partial charge is 0.508 e. The number of phenolic OH excluding ortho intramolecular Hbond substituents is 1. The number of nitrogens with zero attached hydrogens (tertiary/aromatic N) is 1. The van der Waals surface area contributed by atoms with Gasteiger partial charge in [0.1, 0.15) is 11.9 Å². The molecule has 2 aliphatic rings. The molecule has 2 aliphatic heterocycles. The van der Waals surface area contributed by atoms with Crippen molar-refractivity contribution in [1.82, 2.24) is 4.90 Å². The van der Waals surface area contributed by atoms with Crippen molar-refractivity contribution in [2.75, 3.05) is 26.3 Å². The van der Waals surface area contributed by atoms with Crippen LogP contribution in [0, 0.1) is 0 Å². The van der Waals surface area contributed by atoms with E-state index in [1.165, 1.54) is 0 Å². The van der Waals surface area contributed by atoms with Crippen molar-refractivity contribution in [1.29, 1.82) is 0 Å². The Balaban J connectivity index is 1.53. The van der Waals surface area contributed by atoms with Crippen molar-refractivity contribution in [2.45, 2.75) is 18.9 Å². The molecule has 0 aromatic heterocycles. The van der Waals surface area contributed by atoms with E-state index < -0.39 is 0 Å². The SMILES string of the molecule is O=C(C[C@H]1CC(c2ccc(O)cc2)=CO1)N1CCOCC1. The molecule has 1 fully saturated rings. The molecular formula is C16H19NO4. The molecule has 1 saturated heterocycles. The molecule has 1 amide bonds. The minimum Gasteiger partial charge on any atom is -0.508 e. The number of aromatic hydroxyl groups is 1. The van der Waals surface area contributed by atoms with Crippen molar-refractivity contribution < 1.29 is 19.4 Å². The van der Waals surface area contributed by atoms with Gasteiger partial charge in [-0.1, -0.05) is 12.1 Å². The molecular weight excluding hydrogens is 270 g/mol. The number of rotatable bonds is 3. The monoisotopic (exact) mass is 289 g/mol. The van der Waals surface area contributed by atoms with E-state index >= 15 is 0 Å². The summed E-state index contributed by atoms with van der Waals surface area (Å²) >= 11 is 0. The molecule has 1 N–H and O–H groups in total. The van der Waals surface area contributed by atoms with Crippen LogP contribution in [-0.4, -0.2) is 48.3 Å². The fourth-order valence-electron chi connectivity index (χ4n) is 2.64. The summed E-state index contributed by atoms with van der Waals surface area (Å²) in [5, 5.41) is 9.30. The normalized spacial score (nSPS) is 21.8. The lowest BCUT2D eigenvalue weighted by molar-refractivity contribution is -0.137. The number of amides is 1. The van der Waals surface area contributed by atoms with Gasteiger partial charge < -0.3 is 19.5 Å². The van der Waals surface area contributed by atoms with E-state index in [4.69, 9.17) is 9.47 Å². The van der Waals surface area contributed by atoms with E-state index in [2.05, 4.69) is 0 Å². The molecule has 112 valence electrons. The van der Waals surface area contributed by atoms with Crippen LogP contribution in [0.5, 0.6) is 5.75 Å². The van der Waals surface area contributed by atoms with Crippen LogP contribution in [0.15, 0.2) is 30.5 Å². The average molecular weight is 289 g/mol. The second kappa shape index (κ2) is 6.18. The summed E-state index contributed by atoms with van der Waals surface area (Å²) in [6.07, 6.45) is 2.76. The number of morpholine rings is 1. The van der Waals surface area contributed by atoms with E-state index in [1.807, 2.05) is 17.0 Å². The van der Waals surface area contributed by atoms with Crippen LogP contribution in [0.25, 0.3) is 5.57 Å². The average Bonchev–Trinajstić information content (AvgIpc) is 2.97. The fourth-order valence-corrected chi connectivity index (χ4v) is 2.64. The molecule has 3 rings (SSSR count). The lowest BCUT2D eigenvalue weighted by Gasteiger charge is -2.27. The summed E-state index contributed by atoms with van der Waals surface area (Å²) in [6.45, 7) is 2.58. The summed E-state index contributed by atoms with van der Waals surface area (Å²) in [5.41, 5.74) is 2.09. The summed E-state index contributed by atoms with van der Waals surface area (Å²) in [6, 6.07) is 7.03. The smallest absolute Gasteiger partial charge is 0.226 e. The van der Waals surface area contributed by atoms with Gasteiger partial charge in [0.2, 0.25) is 5.91 Å². The molecule has 0 bridgehead atoms. The zero-order valence-corrected chi connectivity index (χ0v) is 11.8. The number of ether oxygens (including phenoxy) is 2. The number of carbonyl (C=O) groups is 1. The van der Waals surface area contributed by atoms with Gasteiger partial charge in [0.15, 0.2) is 0 Å². The highest BCUT2D eigenvalue weighted by molar-refractivity contribution is 5.78. The molecule has 1 aromatic carbocycles. The molecule has 5 nitrogen and oxygen atoms in total. The number of benzene rings is 1. The highest BCUT2D eigenvalue weighted by Crippen LogP contribution is 2.30. The Morgan fingerprint density at radius 3 is 2.67 bits per heavy atom. The first-order chi connectivity index (χ1) is 10.2. The molecule has 0 saturated carbocycles. The minimum absolute atomic E-state index is 0.0934. The van der Waals surface area contributed by atoms with Gasteiger partial charge in [-0.05, 0) is 23.3 Å². The first kappa shape index (κ1) is 13.9. The quantitative estimate of drug-likeness (QED) is 0.921. The molecule has 0 radical (unpaired) electrons. The Morgan fingerprint density at radius 2 is 1.95 bits per heavy atom. The third kappa shape index (κ3) is 3.36. The van der Waals surface area contributed by atoms with Crippen LogP contribution in [0.1, 0.15) is 18.4 Å². The van der Waals surface area contributed by atoms with Gasteiger partial charge in [-0.15, -0.1) is 0 Å². The van der Waals surface area contributed by atoms with E-state index in [-0.39, 0.29) is 17.8 Å². The molecule has 1 aromatic rings. The number of phenols is 1. The summed E-state index contributed by atoms with van der Waals surface area (Å²) in [7, 11) is 0. The van der Waals surface area contributed by atoms with Crippen molar-refractivity contribution in [3.8, 4) is 5.75 Å². The zero-order chi connectivity index (χ0) is 14.7.